The number of aromatic nitrogens is 2. The average molecular weight is 1420 g/mol. The molecule has 1 saturated heterocycles. The van der Waals surface area contributed by atoms with Gasteiger partial charge in [0.15, 0.2) is 5.60 Å². The summed E-state index contributed by atoms with van der Waals surface area (Å²) in [6.07, 6.45) is 0.625. The van der Waals surface area contributed by atoms with Crippen LogP contribution >= 0.6 is 8.53 Å². The van der Waals surface area contributed by atoms with Gasteiger partial charge < -0.3 is 57.6 Å². The highest BCUT2D eigenvalue weighted by Gasteiger charge is 2.54. The Balaban J connectivity index is 0.801. The van der Waals surface area contributed by atoms with Crippen LogP contribution in [0, 0.1) is 23.2 Å². The van der Waals surface area contributed by atoms with E-state index in [9.17, 15) is 38.8 Å². The number of aromatic amines is 1. The van der Waals surface area contributed by atoms with Crippen LogP contribution in [-0.4, -0.2) is 120 Å². The molecule has 3 aliphatic rings. The molecule has 1 fully saturated rings. The quantitative estimate of drug-likeness (QED) is 0.0108. The first-order chi connectivity index (χ1) is 49.2. The van der Waals surface area contributed by atoms with Crippen LogP contribution in [0.4, 0.5) is 0 Å². The van der Waals surface area contributed by atoms with E-state index in [1.165, 1.54) is 35.0 Å². The molecule has 1 unspecified atom stereocenters. The topological polar surface area (TPSA) is 284 Å². The number of ether oxygens (including phenoxy) is 8. The van der Waals surface area contributed by atoms with Gasteiger partial charge in [-0.3, -0.25) is 23.9 Å². The standard InChI is InChI=1S/C79H87N6O17P/c1-49(2)85(50(3)4)103(96-42-20-39-80)102-66-46-69(98-67(66)48-95-78(55-22-15-13-16-23-55,56-28-32-58(93-11)33-29-56)57-30-34-59(94-12)35-31-57)84-47-54(71(88)83-75(84)92)21-19-41-81-68(86)24-17-14-18-40-82-70(87)51-25-36-60-63(43-51)79(101-74(60)91)61-37-26-52(72(89)99-76(5,6)7)44-64(61)97-65-45-53(27-38-62(65)79)73(90)100-77(8,9)10/h13,15-16,22-23,25-38,43-45,47,49-50,66-67,69H,14,17-18,20,24,40-42,46,48H2,1-12H3,(H,81,86)(H,82,87)(H,83,88,92)/t66-,67+,69+,103?/m0/s1. The number of hydrogen-bond donors (Lipinski definition) is 3. The number of hydrogen-bond acceptors (Lipinski definition) is 19. The van der Waals surface area contributed by atoms with Gasteiger partial charge in [0.1, 0.15) is 57.7 Å². The van der Waals surface area contributed by atoms with Crippen molar-refractivity contribution >= 4 is 38.2 Å². The number of carbonyl (C=O) groups excluding carboxylic acids is 5. The first kappa shape index (κ1) is 75.7. The molecule has 24 heteroatoms. The van der Waals surface area contributed by atoms with Gasteiger partial charge in [-0.25, -0.2) is 23.8 Å². The number of rotatable bonds is 27. The van der Waals surface area contributed by atoms with Crippen LogP contribution in [0.1, 0.15) is 194 Å². The number of benzene rings is 6. The van der Waals surface area contributed by atoms with Gasteiger partial charge in [0.25, 0.3) is 20.0 Å². The molecule has 0 saturated carbocycles. The number of H-pyrrole nitrogens is 1. The van der Waals surface area contributed by atoms with Crippen molar-refractivity contribution in [2.45, 2.75) is 161 Å². The third-order valence-corrected chi connectivity index (χ3v) is 19.4. The van der Waals surface area contributed by atoms with Crippen molar-refractivity contribution in [3.05, 3.63) is 222 Å². The van der Waals surface area contributed by atoms with E-state index in [2.05, 4.69) is 38.2 Å². The molecule has 0 radical (unpaired) electrons. The third-order valence-electron chi connectivity index (χ3n) is 17.3. The first-order valence-corrected chi connectivity index (χ1v) is 35.4. The van der Waals surface area contributed by atoms with E-state index in [0.29, 0.717) is 47.5 Å². The van der Waals surface area contributed by atoms with Crippen LogP contribution in [0.25, 0.3) is 0 Å². The van der Waals surface area contributed by atoms with Crippen molar-refractivity contribution in [2.75, 3.05) is 40.5 Å². The van der Waals surface area contributed by atoms with Crippen molar-refractivity contribution in [1.82, 2.24) is 24.9 Å². The van der Waals surface area contributed by atoms with Gasteiger partial charge in [0, 0.05) is 59.9 Å². The van der Waals surface area contributed by atoms with Crippen LogP contribution in [0.15, 0.2) is 149 Å². The zero-order valence-corrected chi connectivity index (χ0v) is 60.9. The molecule has 3 N–H and O–H groups in total. The molecule has 10 rings (SSSR count). The van der Waals surface area contributed by atoms with Gasteiger partial charge in [0.05, 0.1) is 69.3 Å². The summed E-state index contributed by atoms with van der Waals surface area (Å²) in [6.45, 7) is 18.8. The predicted octanol–water partition coefficient (Wildman–Crippen LogP) is 12.4. The number of esters is 3. The van der Waals surface area contributed by atoms with Gasteiger partial charge >= 0.3 is 23.6 Å². The van der Waals surface area contributed by atoms with Crippen LogP contribution in [0.5, 0.6) is 23.0 Å². The summed E-state index contributed by atoms with van der Waals surface area (Å²) in [4.78, 5) is 97.3. The van der Waals surface area contributed by atoms with E-state index in [-0.39, 0.29) is 103 Å². The predicted molar refractivity (Wildman–Crippen MR) is 384 cm³/mol. The van der Waals surface area contributed by atoms with Gasteiger partial charge in [-0.1, -0.05) is 72.9 Å². The number of fused-ring (bicyclic) bond motifs is 6. The normalized spacial score (nSPS) is 16.1. The maximum absolute atomic E-state index is 13.9. The van der Waals surface area contributed by atoms with Gasteiger partial charge in [0.2, 0.25) is 5.91 Å². The zero-order valence-electron chi connectivity index (χ0n) is 60.0. The summed E-state index contributed by atoms with van der Waals surface area (Å²) in [5.74, 6) is 4.67. The maximum atomic E-state index is 13.9. The van der Waals surface area contributed by atoms with Crippen molar-refractivity contribution in [3.63, 3.8) is 0 Å². The second-order valence-electron chi connectivity index (χ2n) is 27.6. The summed E-state index contributed by atoms with van der Waals surface area (Å²) in [5.41, 5.74) is -1.87. The fourth-order valence-electron chi connectivity index (χ4n) is 12.7. The molecule has 7 aromatic rings. The Labute approximate surface area is 600 Å². The maximum Gasteiger partial charge on any atom is 0.340 e. The largest absolute Gasteiger partial charge is 0.497 e. The Morgan fingerprint density at radius 1 is 0.718 bits per heavy atom. The van der Waals surface area contributed by atoms with Crippen LogP contribution in [0.3, 0.4) is 0 Å². The summed E-state index contributed by atoms with van der Waals surface area (Å²) in [7, 11) is 1.37. The Morgan fingerprint density at radius 2 is 1.30 bits per heavy atom. The summed E-state index contributed by atoms with van der Waals surface area (Å²) in [5, 5.41) is 15.3. The van der Waals surface area contributed by atoms with Gasteiger partial charge in [-0.15, -0.1) is 0 Å². The molecule has 1 spiro atoms. The lowest BCUT2D eigenvalue weighted by Gasteiger charge is -2.39. The van der Waals surface area contributed by atoms with Crippen molar-refractivity contribution in [2.24, 2.45) is 0 Å². The highest BCUT2D eigenvalue weighted by atomic mass is 31.2. The third kappa shape index (κ3) is 17.4. The lowest BCUT2D eigenvalue weighted by Crippen LogP contribution is -2.39. The minimum atomic E-state index is -1.83. The Kier molecular flexibility index (Phi) is 23.9. The van der Waals surface area contributed by atoms with Crippen LogP contribution < -0.4 is 36.1 Å². The minimum absolute atomic E-state index is 0.0382. The number of nitrogens with one attached hydrogen (secondary N) is 3. The number of amides is 2. The second-order valence-corrected chi connectivity index (χ2v) is 29.0. The monoisotopic (exact) mass is 1420 g/mol. The molecule has 0 aliphatic carbocycles. The number of unbranched alkanes of at least 4 members (excludes halogenated alkanes) is 2. The van der Waals surface area contributed by atoms with Crippen molar-refractivity contribution in [1.29, 1.82) is 5.26 Å². The molecular weight excluding hydrogens is 1340 g/mol. The van der Waals surface area contributed by atoms with E-state index in [1.807, 2.05) is 107 Å². The minimum Gasteiger partial charge on any atom is -0.497 e. The number of nitriles is 1. The van der Waals surface area contributed by atoms with E-state index < -0.39 is 84.4 Å². The first-order valence-electron chi connectivity index (χ1n) is 34.3. The van der Waals surface area contributed by atoms with Crippen LogP contribution in [0.2, 0.25) is 0 Å². The Hall–Kier alpha value is -9.97. The molecule has 2 amide bonds. The van der Waals surface area contributed by atoms with Gasteiger partial charge in [-0.2, -0.15) is 5.26 Å². The smallest absolute Gasteiger partial charge is 0.340 e. The lowest BCUT2D eigenvalue weighted by molar-refractivity contribution is -0.121. The Morgan fingerprint density at radius 3 is 1.86 bits per heavy atom. The van der Waals surface area contributed by atoms with Crippen molar-refractivity contribution < 1.29 is 70.9 Å². The molecule has 540 valence electrons. The fraction of sp³-hybridized carbons (Fsp3) is 0.392. The van der Waals surface area contributed by atoms with Crippen LogP contribution in [-0.2, 0) is 48.7 Å². The number of methoxy groups -OCH3 is 2. The molecule has 3 aliphatic heterocycles. The lowest BCUT2D eigenvalue weighted by atomic mass is 9.76. The zero-order chi connectivity index (χ0) is 74.0. The van der Waals surface area contributed by atoms with E-state index in [0.717, 1.165) is 16.7 Å². The SMILES string of the molecule is COc1ccc(C(OC[C@H]2O[C@@H](n3cc(C#CCNC(=O)CCCCCNC(=O)c4ccc5c(c4)C4(OC5=O)c5ccc(C(=O)OC(C)(C)C)cc5Oc5cc(C(=O)OC(C)(C)C)ccc54)c(=O)[nH]c3=O)C[C@@H]2OP(OCCC#N)N(C(C)C)C(C)C)(c2ccccc2)c2ccc(OC)cc2)cc1. The van der Waals surface area contributed by atoms with E-state index >= 15 is 0 Å². The molecule has 1 aromatic heterocycles. The summed E-state index contributed by atoms with van der Waals surface area (Å²) >= 11 is 0. The molecular formula is C79H87N6O17P. The molecule has 4 heterocycles. The fourth-order valence-corrected chi connectivity index (χ4v) is 14.4. The highest BCUT2D eigenvalue weighted by molar-refractivity contribution is 7.44. The molecule has 23 nitrogen and oxygen atoms in total. The molecule has 4 atom stereocenters. The highest BCUT2D eigenvalue weighted by Crippen LogP contribution is 2.57. The molecule has 103 heavy (non-hydrogen) atoms. The van der Waals surface area contributed by atoms with Gasteiger partial charge in [-0.05, 0) is 178 Å². The summed E-state index contributed by atoms with van der Waals surface area (Å²) < 4.78 is 66.2. The average Bonchev–Trinajstić information content (AvgIpc) is 1.70. The van der Waals surface area contributed by atoms with Crippen molar-refractivity contribution in [3.8, 4) is 40.9 Å². The van der Waals surface area contributed by atoms with E-state index in [4.69, 9.17) is 46.9 Å². The Bertz CT molecular complexity index is 4350. The number of carbonyl (C=O) groups is 5. The summed E-state index contributed by atoms with van der Waals surface area (Å²) in [6, 6.07) is 41.1. The number of nitrogens with zero attached hydrogens (tertiary/aromatic N) is 3. The van der Waals surface area contributed by atoms with E-state index in [1.54, 1.807) is 86.1 Å². The second kappa shape index (κ2) is 32.6. The molecule has 0 bridgehead atoms. The molecule has 6 aromatic carbocycles.